The Morgan fingerprint density at radius 3 is 2.59 bits per heavy atom. The van der Waals surface area contributed by atoms with E-state index in [0.29, 0.717) is 40.9 Å². The molecule has 0 N–H and O–H groups in total. The van der Waals surface area contributed by atoms with Crippen molar-refractivity contribution in [1.29, 1.82) is 0 Å². The summed E-state index contributed by atoms with van der Waals surface area (Å²) in [6.07, 6.45) is 5.35. The Kier molecular flexibility index (Phi) is 6.70. The monoisotopic (exact) mass is 483 g/mol. The van der Waals surface area contributed by atoms with E-state index in [0.717, 1.165) is 12.0 Å². The number of hydrogen-bond acceptors (Lipinski definition) is 6. The maximum Gasteiger partial charge on any atom is 0.410 e. The summed E-state index contributed by atoms with van der Waals surface area (Å²) in [7, 11) is 1.93. The van der Waals surface area contributed by atoms with Crippen molar-refractivity contribution >= 4 is 23.5 Å². The molecule has 1 unspecified atom stereocenters. The first-order valence-corrected chi connectivity index (χ1v) is 11.4. The minimum absolute atomic E-state index is 0.0549. The Bertz CT molecular complexity index is 1180. The molecule has 1 atom stereocenters. The fourth-order valence-corrected chi connectivity index (χ4v) is 4.07. The number of hydrogen-bond donors (Lipinski definition) is 0. The molecule has 1 aromatic carbocycles. The number of benzene rings is 1. The lowest BCUT2D eigenvalue weighted by molar-refractivity contribution is 0.0292. The Hall–Kier alpha value is -3.26. The van der Waals surface area contributed by atoms with E-state index in [-0.39, 0.29) is 18.0 Å². The van der Waals surface area contributed by atoms with Crippen molar-refractivity contribution in [2.24, 2.45) is 0 Å². The van der Waals surface area contributed by atoms with E-state index in [9.17, 15) is 9.18 Å². The number of likely N-dealkylation sites (tertiary alicyclic amines) is 1. The molecule has 9 heteroatoms. The van der Waals surface area contributed by atoms with E-state index in [1.165, 1.54) is 12.1 Å². The highest BCUT2D eigenvalue weighted by molar-refractivity contribution is 6.33. The third kappa shape index (κ3) is 5.28. The van der Waals surface area contributed by atoms with Gasteiger partial charge < -0.3 is 14.5 Å². The molecule has 1 amide bonds. The molecule has 1 fully saturated rings. The molecule has 0 aliphatic carbocycles. The number of halogens is 2. The number of carbonyl (C=O) groups is 1. The van der Waals surface area contributed by atoms with Crippen molar-refractivity contribution in [3.63, 3.8) is 0 Å². The summed E-state index contributed by atoms with van der Waals surface area (Å²) in [5.41, 5.74) is 2.03. The van der Waals surface area contributed by atoms with Gasteiger partial charge in [-0.3, -0.25) is 9.97 Å². The molecule has 7 nitrogen and oxygen atoms in total. The molecule has 4 rings (SSSR count). The largest absolute Gasteiger partial charge is 0.444 e. The van der Waals surface area contributed by atoms with E-state index in [1.54, 1.807) is 41.7 Å². The highest BCUT2D eigenvalue weighted by Gasteiger charge is 2.32. The summed E-state index contributed by atoms with van der Waals surface area (Å²) >= 11 is 6.45. The zero-order valence-corrected chi connectivity index (χ0v) is 20.4. The SMILES string of the molecule is CN(c1cnc(-c2ccc(F)cc2)c(-c2ccncc2Cl)n1)C1CCN(C(=O)OC(C)(C)C)C1. The van der Waals surface area contributed by atoms with Crippen LogP contribution in [-0.2, 0) is 4.74 Å². The van der Waals surface area contributed by atoms with E-state index >= 15 is 0 Å². The van der Waals surface area contributed by atoms with Gasteiger partial charge in [0.15, 0.2) is 0 Å². The van der Waals surface area contributed by atoms with Crippen LogP contribution in [0.25, 0.3) is 22.5 Å². The standard InChI is InChI=1S/C25H27ClFN5O2/c1-25(2,3)34-24(33)32-12-10-18(15-32)31(4)21-14-29-22(16-5-7-17(27)8-6-16)23(30-21)19-9-11-28-13-20(19)26/h5-9,11,13-14,18H,10,12,15H2,1-4H3. The minimum Gasteiger partial charge on any atom is -0.444 e. The van der Waals surface area contributed by atoms with Crippen LogP contribution in [0.15, 0.2) is 48.9 Å². The van der Waals surface area contributed by atoms with Crippen LogP contribution >= 0.6 is 11.6 Å². The number of likely N-dealkylation sites (N-methyl/N-ethyl adjacent to an activating group) is 1. The summed E-state index contributed by atoms with van der Waals surface area (Å²) in [6, 6.07) is 7.94. The summed E-state index contributed by atoms with van der Waals surface area (Å²) in [5, 5.41) is 0.442. The number of aromatic nitrogens is 3. The fourth-order valence-electron chi connectivity index (χ4n) is 3.86. The lowest BCUT2D eigenvalue weighted by atomic mass is 10.0. The van der Waals surface area contributed by atoms with Gasteiger partial charge in [0.1, 0.15) is 22.9 Å². The van der Waals surface area contributed by atoms with Crippen LogP contribution in [0, 0.1) is 5.82 Å². The number of anilines is 1. The van der Waals surface area contributed by atoms with Crippen molar-refractivity contribution in [2.75, 3.05) is 25.0 Å². The molecule has 178 valence electrons. The minimum atomic E-state index is -0.540. The van der Waals surface area contributed by atoms with E-state index in [2.05, 4.69) is 9.97 Å². The fraction of sp³-hybridized carbons (Fsp3) is 0.360. The molecule has 1 aliphatic rings. The number of amides is 1. The van der Waals surface area contributed by atoms with Gasteiger partial charge in [-0.2, -0.15) is 0 Å². The highest BCUT2D eigenvalue weighted by Crippen LogP contribution is 2.34. The van der Waals surface area contributed by atoms with Crippen LogP contribution in [0.2, 0.25) is 5.02 Å². The van der Waals surface area contributed by atoms with Gasteiger partial charge in [-0.1, -0.05) is 11.6 Å². The Morgan fingerprint density at radius 2 is 1.91 bits per heavy atom. The third-order valence-corrected chi connectivity index (χ3v) is 5.93. The molecular formula is C25H27ClFN5O2. The van der Waals surface area contributed by atoms with Crippen LogP contribution in [0.5, 0.6) is 0 Å². The average Bonchev–Trinajstić information content (AvgIpc) is 3.29. The molecule has 1 saturated heterocycles. The first-order chi connectivity index (χ1) is 16.1. The molecule has 0 bridgehead atoms. The maximum absolute atomic E-state index is 13.5. The molecule has 1 aliphatic heterocycles. The quantitative estimate of drug-likeness (QED) is 0.491. The number of ether oxygens (including phenoxy) is 1. The van der Waals surface area contributed by atoms with Crippen molar-refractivity contribution in [3.05, 3.63) is 59.8 Å². The van der Waals surface area contributed by atoms with Gasteiger partial charge in [-0.15, -0.1) is 0 Å². The van der Waals surface area contributed by atoms with Gasteiger partial charge >= 0.3 is 6.09 Å². The lowest BCUT2D eigenvalue weighted by Crippen LogP contribution is -2.39. The number of nitrogens with zero attached hydrogens (tertiary/aromatic N) is 5. The van der Waals surface area contributed by atoms with Gasteiger partial charge in [0.05, 0.1) is 16.9 Å². The van der Waals surface area contributed by atoms with Crippen LogP contribution in [-0.4, -0.2) is 57.7 Å². The van der Waals surface area contributed by atoms with Crippen LogP contribution < -0.4 is 4.90 Å². The molecular weight excluding hydrogens is 457 g/mol. The molecule has 3 heterocycles. The summed E-state index contributed by atoms with van der Waals surface area (Å²) in [4.78, 5) is 29.9. The van der Waals surface area contributed by atoms with Crippen molar-refractivity contribution in [3.8, 4) is 22.5 Å². The van der Waals surface area contributed by atoms with E-state index in [4.69, 9.17) is 21.3 Å². The predicted octanol–water partition coefficient (Wildman–Crippen LogP) is 5.44. The molecule has 2 aromatic heterocycles. The normalized spacial score (nSPS) is 15.9. The van der Waals surface area contributed by atoms with Gasteiger partial charge in [0.25, 0.3) is 0 Å². The second-order valence-corrected chi connectivity index (χ2v) is 9.67. The predicted molar refractivity (Wildman–Crippen MR) is 130 cm³/mol. The zero-order chi connectivity index (χ0) is 24.5. The topological polar surface area (TPSA) is 71.5 Å². The van der Waals surface area contributed by atoms with E-state index < -0.39 is 5.60 Å². The van der Waals surface area contributed by atoms with Crippen molar-refractivity contribution in [1.82, 2.24) is 19.9 Å². The van der Waals surface area contributed by atoms with Gasteiger partial charge in [0.2, 0.25) is 0 Å². The zero-order valence-electron chi connectivity index (χ0n) is 19.6. The van der Waals surface area contributed by atoms with Gasteiger partial charge in [-0.05, 0) is 57.5 Å². The number of carbonyl (C=O) groups excluding carboxylic acids is 1. The van der Waals surface area contributed by atoms with Crippen molar-refractivity contribution in [2.45, 2.75) is 38.8 Å². The first kappa shape index (κ1) is 23.9. The first-order valence-electron chi connectivity index (χ1n) is 11.1. The Balaban J connectivity index is 1.64. The van der Waals surface area contributed by atoms with E-state index in [1.807, 2.05) is 32.7 Å². The second kappa shape index (κ2) is 9.54. The smallest absolute Gasteiger partial charge is 0.410 e. The average molecular weight is 484 g/mol. The Morgan fingerprint density at radius 1 is 1.18 bits per heavy atom. The molecule has 34 heavy (non-hydrogen) atoms. The molecule has 3 aromatic rings. The third-order valence-electron chi connectivity index (χ3n) is 5.63. The number of pyridine rings is 1. The highest BCUT2D eigenvalue weighted by atomic mass is 35.5. The lowest BCUT2D eigenvalue weighted by Gasteiger charge is -2.27. The Labute approximate surface area is 203 Å². The maximum atomic E-state index is 13.5. The molecule has 0 radical (unpaired) electrons. The summed E-state index contributed by atoms with van der Waals surface area (Å²) < 4.78 is 19.0. The molecule has 0 saturated carbocycles. The van der Waals surface area contributed by atoms with Crippen LogP contribution in [0.4, 0.5) is 15.0 Å². The van der Waals surface area contributed by atoms with Gasteiger partial charge in [-0.25, -0.2) is 14.2 Å². The van der Waals surface area contributed by atoms with Crippen LogP contribution in [0.3, 0.4) is 0 Å². The van der Waals surface area contributed by atoms with Crippen LogP contribution in [0.1, 0.15) is 27.2 Å². The van der Waals surface area contributed by atoms with Crippen molar-refractivity contribution < 1.29 is 13.9 Å². The second-order valence-electron chi connectivity index (χ2n) is 9.27. The summed E-state index contributed by atoms with van der Waals surface area (Å²) in [6.45, 7) is 6.70. The summed E-state index contributed by atoms with van der Waals surface area (Å²) in [5.74, 6) is 0.317. The van der Waals surface area contributed by atoms with Gasteiger partial charge in [0, 0.05) is 49.7 Å². The number of rotatable bonds is 4. The molecule has 0 spiro atoms.